The zero-order valence-corrected chi connectivity index (χ0v) is 13.0. The Morgan fingerprint density at radius 1 is 1.29 bits per heavy atom. The van der Waals surface area contributed by atoms with Crippen LogP contribution in [0.25, 0.3) is 10.2 Å². The Balaban J connectivity index is 1.98. The van der Waals surface area contributed by atoms with E-state index >= 15 is 0 Å². The number of nitrogens with zero attached hydrogens (tertiary/aromatic N) is 3. The van der Waals surface area contributed by atoms with Gasteiger partial charge in [0.05, 0.1) is 10.2 Å². The van der Waals surface area contributed by atoms with Crippen molar-refractivity contribution in [2.75, 3.05) is 17.2 Å². The average Bonchev–Trinajstić information content (AvgIpc) is 2.87. The number of hydrogen-bond donors (Lipinski definition) is 1. The maximum Gasteiger partial charge on any atom is 0.150 e. The summed E-state index contributed by atoms with van der Waals surface area (Å²) in [5.41, 5.74) is 10.1. The zero-order valence-electron chi connectivity index (χ0n) is 12.2. The topological polar surface area (TPSA) is 55.0 Å². The molecule has 1 aromatic carbocycles. The van der Waals surface area contributed by atoms with Gasteiger partial charge in [0, 0.05) is 18.8 Å². The first-order valence-electron chi connectivity index (χ1n) is 6.97. The fraction of sp³-hybridized carbons (Fsp3) is 0.250. The Morgan fingerprint density at radius 2 is 2.14 bits per heavy atom. The maximum absolute atomic E-state index is 5.87. The first-order chi connectivity index (χ1) is 10.2. The fourth-order valence-corrected chi connectivity index (χ4v) is 3.45. The van der Waals surface area contributed by atoms with Crippen molar-refractivity contribution in [3.8, 4) is 0 Å². The number of benzene rings is 1. The van der Waals surface area contributed by atoms with Crippen molar-refractivity contribution in [1.29, 1.82) is 0 Å². The van der Waals surface area contributed by atoms with Crippen LogP contribution in [0.1, 0.15) is 18.1 Å². The molecule has 0 aliphatic carbocycles. The van der Waals surface area contributed by atoms with Crippen LogP contribution in [0.2, 0.25) is 0 Å². The number of nitrogens with two attached hydrogens (primary N) is 1. The lowest BCUT2D eigenvalue weighted by atomic mass is 10.2. The van der Waals surface area contributed by atoms with E-state index in [9.17, 15) is 0 Å². The van der Waals surface area contributed by atoms with Crippen LogP contribution >= 0.6 is 11.3 Å². The summed E-state index contributed by atoms with van der Waals surface area (Å²) in [6.07, 6.45) is 1.65. The van der Waals surface area contributed by atoms with Crippen LogP contribution in [0.4, 0.5) is 11.5 Å². The molecule has 108 valence electrons. The normalized spacial score (nSPS) is 11.0. The molecule has 2 N–H and O–H groups in total. The van der Waals surface area contributed by atoms with Gasteiger partial charge in [0.15, 0.2) is 0 Å². The molecule has 3 aromatic rings. The molecule has 0 radical (unpaired) electrons. The Labute approximate surface area is 128 Å². The van der Waals surface area contributed by atoms with Gasteiger partial charge in [-0.15, -0.1) is 11.3 Å². The van der Waals surface area contributed by atoms with Gasteiger partial charge in [-0.3, -0.25) is 0 Å². The number of aryl methyl sites for hydroxylation is 1. The molecule has 0 saturated heterocycles. The quantitative estimate of drug-likeness (QED) is 0.748. The number of thiophene rings is 1. The van der Waals surface area contributed by atoms with Crippen LogP contribution in [0.3, 0.4) is 0 Å². The smallest absolute Gasteiger partial charge is 0.150 e. The van der Waals surface area contributed by atoms with Crippen molar-refractivity contribution in [3.05, 3.63) is 47.1 Å². The molecule has 0 bridgehead atoms. The highest BCUT2D eigenvalue weighted by Crippen LogP contribution is 2.31. The summed E-state index contributed by atoms with van der Waals surface area (Å²) < 4.78 is 1.15. The lowest BCUT2D eigenvalue weighted by molar-refractivity contribution is 0.817. The summed E-state index contributed by atoms with van der Waals surface area (Å²) in [5.74, 6) is 1.00. The molecule has 2 heterocycles. The van der Waals surface area contributed by atoms with Crippen molar-refractivity contribution in [3.63, 3.8) is 0 Å². The van der Waals surface area contributed by atoms with E-state index in [1.165, 1.54) is 11.1 Å². The number of hydrogen-bond acceptors (Lipinski definition) is 5. The molecule has 4 nitrogen and oxygen atoms in total. The maximum atomic E-state index is 5.87. The highest BCUT2D eigenvalue weighted by Gasteiger charge is 2.14. The Bertz CT molecular complexity index is 766. The lowest BCUT2D eigenvalue weighted by Gasteiger charge is -2.22. The molecule has 0 spiro atoms. The molecule has 21 heavy (non-hydrogen) atoms. The summed E-state index contributed by atoms with van der Waals surface area (Å²) in [5, 5.41) is 2.14. The third-order valence-electron chi connectivity index (χ3n) is 3.52. The van der Waals surface area contributed by atoms with Crippen LogP contribution in [-0.2, 0) is 6.54 Å². The molecular weight excluding hydrogens is 280 g/mol. The molecule has 0 aliphatic heterocycles. The highest BCUT2D eigenvalue weighted by molar-refractivity contribution is 7.18. The number of aromatic nitrogens is 2. The van der Waals surface area contributed by atoms with E-state index in [1.807, 2.05) is 18.2 Å². The van der Waals surface area contributed by atoms with Gasteiger partial charge in [-0.05, 0) is 42.5 Å². The van der Waals surface area contributed by atoms with Crippen LogP contribution in [0.5, 0.6) is 0 Å². The second kappa shape index (κ2) is 5.69. The van der Waals surface area contributed by atoms with Crippen LogP contribution < -0.4 is 10.6 Å². The van der Waals surface area contributed by atoms with E-state index in [1.54, 1.807) is 17.7 Å². The lowest BCUT2D eigenvalue weighted by Crippen LogP contribution is -2.23. The molecule has 0 saturated carbocycles. The SMILES string of the molecule is CCN(Cc1cccc(N)c1)c1ncnc2c(C)csc12. The third kappa shape index (κ3) is 2.69. The monoisotopic (exact) mass is 298 g/mol. The van der Waals surface area contributed by atoms with Crippen molar-refractivity contribution in [1.82, 2.24) is 9.97 Å². The minimum Gasteiger partial charge on any atom is -0.399 e. The summed E-state index contributed by atoms with van der Waals surface area (Å²) in [6, 6.07) is 8.01. The van der Waals surface area contributed by atoms with Crippen molar-refractivity contribution >= 4 is 33.1 Å². The van der Waals surface area contributed by atoms with E-state index < -0.39 is 0 Å². The van der Waals surface area contributed by atoms with Gasteiger partial charge >= 0.3 is 0 Å². The molecule has 0 fully saturated rings. The average molecular weight is 298 g/mol. The second-order valence-corrected chi connectivity index (χ2v) is 5.93. The van der Waals surface area contributed by atoms with Gasteiger partial charge in [0.1, 0.15) is 12.1 Å². The first-order valence-corrected chi connectivity index (χ1v) is 7.85. The molecule has 0 atom stereocenters. The Kier molecular flexibility index (Phi) is 3.75. The number of fused-ring (bicyclic) bond motifs is 1. The zero-order chi connectivity index (χ0) is 14.8. The van der Waals surface area contributed by atoms with Gasteiger partial charge in [-0.2, -0.15) is 0 Å². The van der Waals surface area contributed by atoms with E-state index in [2.05, 4.69) is 40.2 Å². The van der Waals surface area contributed by atoms with Gasteiger partial charge in [-0.1, -0.05) is 12.1 Å². The van der Waals surface area contributed by atoms with Gasteiger partial charge < -0.3 is 10.6 Å². The second-order valence-electron chi connectivity index (χ2n) is 5.05. The number of nitrogen functional groups attached to an aromatic ring is 1. The molecule has 3 rings (SSSR count). The van der Waals surface area contributed by atoms with Gasteiger partial charge in [-0.25, -0.2) is 9.97 Å². The van der Waals surface area contributed by atoms with Crippen LogP contribution in [0, 0.1) is 6.92 Å². The van der Waals surface area contributed by atoms with E-state index in [0.717, 1.165) is 34.8 Å². The van der Waals surface area contributed by atoms with E-state index in [4.69, 9.17) is 5.73 Å². The van der Waals surface area contributed by atoms with Crippen molar-refractivity contribution in [2.24, 2.45) is 0 Å². The summed E-state index contributed by atoms with van der Waals surface area (Å²) >= 11 is 1.71. The molecule has 0 unspecified atom stereocenters. The molecular formula is C16H18N4S. The molecule has 0 aliphatic rings. The number of rotatable bonds is 4. The summed E-state index contributed by atoms with van der Waals surface area (Å²) in [6.45, 7) is 5.91. The standard InChI is InChI=1S/C16H18N4S/c1-3-20(8-12-5-4-6-13(17)7-12)16-15-14(18-10-19-16)11(2)9-21-15/h4-7,9-10H,3,8,17H2,1-2H3. The largest absolute Gasteiger partial charge is 0.399 e. The Morgan fingerprint density at radius 3 is 2.90 bits per heavy atom. The van der Waals surface area contributed by atoms with Gasteiger partial charge in [0.2, 0.25) is 0 Å². The van der Waals surface area contributed by atoms with Crippen molar-refractivity contribution < 1.29 is 0 Å². The molecule has 2 aromatic heterocycles. The first kappa shape index (κ1) is 13.8. The van der Waals surface area contributed by atoms with E-state index in [0.29, 0.717) is 0 Å². The van der Waals surface area contributed by atoms with Crippen LogP contribution in [-0.4, -0.2) is 16.5 Å². The minimum absolute atomic E-state index is 0.795. The minimum atomic E-state index is 0.795. The summed E-state index contributed by atoms with van der Waals surface area (Å²) in [4.78, 5) is 11.2. The van der Waals surface area contributed by atoms with Gasteiger partial charge in [0.25, 0.3) is 0 Å². The van der Waals surface area contributed by atoms with Crippen molar-refractivity contribution in [2.45, 2.75) is 20.4 Å². The highest BCUT2D eigenvalue weighted by atomic mass is 32.1. The number of anilines is 2. The van der Waals surface area contributed by atoms with E-state index in [-0.39, 0.29) is 0 Å². The Hall–Kier alpha value is -2.14. The third-order valence-corrected chi connectivity index (χ3v) is 4.60. The predicted octanol–water partition coefficient (Wildman–Crippen LogP) is 3.61. The fourth-order valence-electron chi connectivity index (χ4n) is 2.43. The molecule has 5 heteroatoms. The summed E-state index contributed by atoms with van der Waals surface area (Å²) in [7, 11) is 0. The van der Waals surface area contributed by atoms with Crippen LogP contribution in [0.15, 0.2) is 36.0 Å². The molecule has 0 amide bonds. The predicted molar refractivity (Wildman–Crippen MR) is 89.7 cm³/mol.